The molecule has 5 rings (SSSR count). The molecule has 2 aromatic heterocycles. The molecule has 8 nitrogen and oxygen atoms in total. The Hall–Kier alpha value is -4.55. The third-order valence-corrected chi connectivity index (χ3v) is 9.52. The minimum atomic E-state index is -1.88. The van der Waals surface area contributed by atoms with Gasteiger partial charge in [0.05, 0.1) is 30.0 Å². The summed E-state index contributed by atoms with van der Waals surface area (Å²) in [5.74, 6) is -2.88. The summed E-state index contributed by atoms with van der Waals surface area (Å²) in [7, 11) is 3.45. The lowest BCUT2D eigenvalue weighted by Crippen LogP contribution is -2.35. The highest BCUT2D eigenvalue weighted by atomic mass is 32.1. The minimum absolute atomic E-state index is 0.193. The number of thiophene rings is 1. The van der Waals surface area contributed by atoms with E-state index in [2.05, 4.69) is 5.32 Å². The number of halogens is 2. The molecule has 11 heteroatoms. The van der Waals surface area contributed by atoms with E-state index in [1.165, 1.54) is 49.1 Å². The van der Waals surface area contributed by atoms with Crippen molar-refractivity contribution < 1.29 is 28.2 Å². The normalized spacial score (nSPS) is 12.4. The Labute approximate surface area is 287 Å². The maximum absolute atomic E-state index is 15.0. The van der Waals surface area contributed by atoms with Gasteiger partial charge in [-0.15, -0.1) is 11.3 Å². The zero-order valence-corrected chi connectivity index (χ0v) is 28.9. The number of ether oxygens (including phenoxy) is 1. The first-order valence-electron chi connectivity index (χ1n) is 15.8. The highest BCUT2D eigenvalue weighted by molar-refractivity contribution is 7.22. The van der Waals surface area contributed by atoms with E-state index in [1.54, 1.807) is 19.1 Å². The number of methoxy groups -OCH3 is 1. The lowest BCUT2D eigenvalue weighted by atomic mass is 9.96. The van der Waals surface area contributed by atoms with Crippen LogP contribution in [0.3, 0.4) is 0 Å². The zero-order valence-electron chi connectivity index (χ0n) is 28.1. The number of nitrogens with zero attached hydrogens (tertiary/aromatic N) is 2. The van der Waals surface area contributed by atoms with Crippen LogP contribution in [-0.2, 0) is 29.2 Å². The van der Waals surface area contributed by atoms with Crippen LogP contribution in [-0.4, -0.2) is 52.6 Å². The molecule has 2 N–H and O–H groups in total. The first kappa shape index (κ1) is 35.7. The SMILES string of the molecule is COCC(C)C(=O)Nc1ccc(-c2sc3c(c2CN(C)Cc2ccccc2)c(=O)c(C(=O)C(C)(C)O)cn3Cc2c(F)cccc2F)cc1. The monoisotopic (exact) mass is 687 g/mol. The standard InChI is InChI=1S/C38H39F2N3O5S/c1-23(22-48-5)36(46)41-26-16-14-25(15-17-26)34-28(19-42(4)18-24-10-7-6-8-11-24)32-33(44)29(35(45)38(2,3)47)21-43(37(32)49-34)20-27-30(39)12-9-13-31(27)40/h6-17,21,23,47H,18-20,22H2,1-5H3,(H,41,46). The summed E-state index contributed by atoms with van der Waals surface area (Å²) in [6.07, 6.45) is 1.29. The second kappa shape index (κ2) is 14.9. The Balaban J connectivity index is 1.70. The highest BCUT2D eigenvalue weighted by Crippen LogP contribution is 2.39. The van der Waals surface area contributed by atoms with Gasteiger partial charge in [-0.3, -0.25) is 19.3 Å². The summed E-state index contributed by atoms with van der Waals surface area (Å²) in [5, 5.41) is 13.8. The van der Waals surface area contributed by atoms with Crippen LogP contribution in [0.15, 0.2) is 83.8 Å². The van der Waals surface area contributed by atoms with Crippen molar-refractivity contribution in [1.29, 1.82) is 0 Å². The lowest BCUT2D eigenvalue weighted by Gasteiger charge is -2.19. The van der Waals surface area contributed by atoms with Gasteiger partial charge in [0.1, 0.15) is 22.1 Å². The summed E-state index contributed by atoms with van der Waals surface area (Å²) in [6.45, 7) is 5.18. The predicted octanol–water partition coefficient (Wildman–Crippen LogP) is 6.86. The number of anilines is 1. The molecule has 49 heavy (non-hydrogen) atoms. The molecule has 256 valence electrons. The van der Waals surface area contributed by atoms with Crippen LogP contribution in [0.5, 0.6) is 0 Å². The van der Waals surface area contributed by atoms with Crippen molar-refractivity contribution in [3.05, 3.63) is 123 Å². The minimum Gasteiger partial charge on any atom is -0.384 e. The van der Waals surface area contributed by atoms with Crippen molar-refractivity contribution in [2.24, 2.45) is 5.92 Å². The number of carbonyl (C=O) groups excluding carboxylic acids is 2. The van der Waals surface area contributed by atoms with Crippen molar-refractivity contribution >= 4 is 38.9 Å². The first-order chi connectivity index (χ1) is 23.3. The van der Waals surface area contributed by atoms with Gasteiger partial charge in [0.25, 0.3) is 0 Å². The maximum Gasteiger partial charge on any atom is 0.229 e. The van der Waals surface area contributed by atoms with E-state index in [9.17, 15) is 28.3 Å². The number of hydrogen-bond donors (Lipinski definition) is 2. The molecule has 5 aromatic rings. The molecule has 0 saturated carbocycles. The van der Waals surface area contributed by atoms with Crippen molar-refractivity contribution in [2.75, 3.05) is 26.1 Å². The number of amides is 1. The molecule has 3 aromatic carbocycles. The van der Waals surface area contributed by atoms with Gasteiger partial charge in [0, 0.05) is 42.5 Å². The fourth-order valence-corrected chi connectivity index (χ4v) is 6.95. The topological polar surface area (TPSA) is 101 Å². The summed E-state index contributed by atoms with van der Waals surface area (Å²) in [6, 6.07) is 20.6. The highest BCUT2D eigenvalue weighted by Gasteiger charge is 2.31. The van der Waals surface area contributed by atoms with Crippen LogP contribution in [0.4, 0.5) is 14.5 Å². The number of benzene rings is 3. The maximum atomic E-state index is 15.0. The van der Waals surface area contributed by atoms with Gasteiger partial charge < -0.3 is 19.7 Å². The number of hydrogen-bond acceptors (Lipinski definition) is 7. The van der Waals surface area contributed by atoms with Gasteiger partial charge in [0.2, 0.25) is 11.3 Å². The number of nitrogens with one attached hydrogen (secondary N) is 1. The van der Waals surface area contributed by atoms with Crippen LogP contribution < -0.4 is 10.7 Å². The Morgan fingerprint density at radius 3 is 2.24 bits per heavy atom. The molecule has 1 unspecified atom stereocenters. The summed E-state index contributed by atoms with van der Waals surface area (Å²) >= 11 is 1.27. The van der Waals surface area contributed by atoms with Crippen molar-refractivity contribution in [3.8, 4) is 10.4 Å². The van der Waals surface area contributed by atoms with Gasteiger partial charge in [-0.2, -0.15) is 0 Å². The second-order valence-electron chi connectivity index (χ2n) is 12.8. The van der Waals surface area contributed by atoms with Gasteiger partial charge in [-0.05, 0) is 61.9 Å². The second-order valence-corrected chi connectivity index (χ2v) is 13.8. The molecule has 1 atom stereocenters. The number of aliphatic hydroxyl groups is 1. The van der Waals surface area contributed by atoms with E-state index in [0.29, 0.717) is 34.0 Å². The van der Waals surface area contributed by atoms with Crippen LogP contribution >= 0.6 is 11.3 Å². The smallest absolute Gasteiger partial charge is 0.229 e. The molecular weight excluding hydrogens is 648 g/mol. The summed E-state index contributed by atoms with van der Waals surface area (Å²) in [4.78, 5) is 43.5. The average molecular weight is 688 g/mol. The molecule has 0 aliphatic rings. The molecular formula is C38H39F2N3O5S. The average Bonchev–Trinajstić information content (AvgIpc) is 3.43. The number of rotatable bonds is 13. The fraction of sp³-hybridized carbons (Fsp3) is 0.289. The number of carbonyl (C=O) groups is 2. The lowest BCUT2D eigenvalue weighted by molar-refractivity contribution is -0.120. The Morgan fingerprint density at radius 2 is 1.63 bits per heavy atom. The van der Waals surface area contributed by atoms with Gasteiger partial charge in [0.15, 0.2) is 5.78 Å². The molecule has 0 bridgehead atoms. The molecule has 0 fully saturated rings. The van der Waals surface area contributed by atoms with E-state index in [1.807, 2.05) is 54.4 Å². The third-order valence-electron chi connectivity index (χ3n) is 8.20. The van der Waals surface area contributed by atoms with Crippen LogP contribution in [0, 0.1) is 17.6 Å². The Kier molecular flexibility index (Phi) is 10.9. The van der Waals surface area contributed by atoms with Crippen molar-refractivity contribution in [3.63, 3.8) is 0 Å². The van der Waals surface area contributed by atoms with E-state index in [0.717, 1.165) is 23.3 Å². The van der Waals surface area contributed by atoms with E-state index >= 15 is 0 Å². The summed E-state index contributed by atoms with van der Waals surface area (Å²) < 4.78 is 36.5. The van der Waals surface area contributed by atoms with Gasteiger partial charge >= 0.3 is 0 Å². The number of fused-ring (bicyclic) bond motifs is 1. The number of aromatic nitrogens is 1. The number of pyridine rings is 1. The predicted molar refractivity (Wildman–Crippen MR) is 189 cm³/mol. The molecule has 0 aliphatic heterocycles. The molecule has 2 heterocycles. The molecule has 0 aliphatic carbocycles. The first-order valence-corrected chi connectivity index (χ1v) is 16.6. The largest absolute Gasteiger partial charge is 0.384 e. The van der Waals surface area contributed by atoms with E-state index in [-0.39, 0.29) is 41.5 Å². The summed E-state index contributed by atoms with van der Waals surface area (Å²) in [5.41, 5.74) is 0.0398. The molecule has 0 saturated heterocycles. The fourth-order valence-electron chi connectivity index (χ4n) is 5.66. The number of ketones is 1. The van der Waals surface area contributed by atoms with Gasteiger partial charge in [-0.25, -0.2) is 8.78 Å². The third kappa shape index (κ3) is 8.02. The van der Waals surface area contributed by atoms with Crippen LogP contribution in [0.1, 0.15) is 47.8 Å². The molecule has 1 amide bonds. The Bertz CT molecular complexity index is 2020. The van der Waals surface area contributed by atoms with E-state index in [4.69, 9.17) is 4.74 Å². The number of Topliss-reactive ketones (excluding diaryl/α,β-unsaturated/α-hetero) is 1. The zero-order chi connectivity index (χ0) is 35.5. The molecule has 0 radical (unpaired) electrons. The van der Waals surface area contributed by atoms with E-state index < -0.39 is 28.4 Å². The van der Waals surface area contributed by atoms with Crippen LogP contribution in [0.25, 0.3) is 20.7 Å². The van der Waals surface area contributed by atoms with Crippen molar-refractivity contribution in [1.82, 2.24) is 9.47 Å². The van der Waals surface area contributed by atoms with Crippen molar-refractivity contribution in [2.45, 2.75) is 46.0 Å². The molecule has 0 spiro atoms. The Morgan fingerprint density at radius 1 is 0.980 bits per heavy atom. The quantitative estimate of drug-likeness (QED) is 0.131. The van der Waals surface area contributed by atoms with Crippen LogP contribution in [0.2, 0.25) is 0 Å². The van der Waals surface area contributed by atoms with Gasteiger partial charge in [-0.1, -0.05) is 55.5 Å².